The van der Waals surface area contributed by atoms with Gasteiger partial charge in [0.25, 0.3) is 0 Å². The summed E-state index contributed by atoms with van der Waals surface area (Å²) in [5.74, 6) is -5.13. The lowest BCUT2D eigenvalue weighted by molar-refractivity contribution is -0.152. The molecule has 1 aromatic rings. The summed E-state index contributed by atoms with van der Waals surface area (Å²) in [4.78, 5) is 44.2. The van der Waals surface area contributed by atoms with Crippen LogP contribution >= 0.6 is 0 Å². The molecule has 0 amide bonds. The lowest BCUT2D eigenvalue weighted by Gasteiger charge is -2.08. The zero-order valence-electron chi connectivity index (χ0n) is 9.45. The van der Waals surface area contributed by atoms with Crippen molar-refractivity contribution in [2.24, 2.45) is 0 Å². The fraction of sp³-hybridized carbons (Fsp3) is 0.167. The van der Waals surface area contributed by atoms with Crippen molar-refractivity contribution in [3.8, 4) is 0 Å². The second-order valence-corrected chi connectivity index (χ2v) is 3.97. The molecule has 0 radical (unpaired) electrons. The zero-order valence-corrected chi connectivity index (χ0v) is 9.45. The first-order valence-corrected chi connectivity index (χ1v) is 5.25. The van der Waals surface area contributed by atoms with Crippen molar-refractivity contribution in [1.29, 1.82) is 0 Å². The van der Waals surface area contributed by atoms with E-state index in [1.807, 2.05) is 0 Å². The first kappa shape index (κ1) is 12.7. The number of hydrogen-bond donors (Lipinski definition) is 2. The SMILES string of the molecule is O=C1CC(c2ccc(C(=O)O)c(C(=O)O)c2)C(=O)O1. The standard InChI is InChI=1S/C12H8O7/c13-9-4-7(12(18)19-9)5-1-2-6(10(14)15)8(3-5)11(16)17/h1-3,7H,4H2,(H,14,15)(H,16,17). The summed E-state index contributed by atoms with van der Waals surface area (Å²) in [5.41, 5.74) is -0.565. The Labute approximate surface area is 106 Å². The molecule has 0 saturated carbocycles. The Balaban J connectivity index is 2.47. The van der Waals surface area contributed by atoms with E-state index in [-0.39, 0.29) is 17.5 Å². The summed E-state index contributed by atoms with van der Waals surface area (Å²) < 4.78 is 4.36. The molecule has 0 aromatic heterocycles. The molecule has 2 rings (SSSR count). The van der Waals surface area contributed by atoms with Crippen LogP contribution in [0.2, 0.25) is 0 Å². The van der Waals surface area contributed by atoms with Crippen LogP contribution in [0.3, 0.4) is 0 Å². The van der Waals surface area contributed by atoms with Gasteiger partial charge < -0.3 is 14.9 Å². The molecule has 1 heterocycles. The van der Waals surface area contributed by atoms with E-state index in [9.17, 15) is 19.2 Å². The molecule has 7 heteroatoms. The normalized spacial score (nSPS) is 18.2. The van der Waals surface area contributed by atoms with Crippen molar-refractivity contribution in [2.45, 2.75) is 12.3 Å². The van der Waals surface area contributed by atoms with Crippen molar-refractivity contribution < 1.29 is 34.1 Å². The topological polar surface area (TPSA) is 118 Å². The van der Waals surface area contributed by atoms with Crippen LogP contribution in [0.25, 0.3) is 0 Å². The first-order valence-electron chi connectivity index (χ1n) is 5.25. The van der Waals surface area contributed by atoms with Gasteiger partial charge >= 0.3 is 23.9 Å². The van der Waals surface area contributed by atoms with E-state index in [1.54, 1.807) is 0 Å². The molecule has 1 aliphatic heterocycles. The molecular formula is C12H8O7. The number of carboxylic acids is 2. The fourth-order valence-corrected chi connectivity index (χ4v) is 1.87. The van der Waals surface area contributed by atoms with Gasteiger partial charge in [-0.25, -0.2) is 9.59 Å². The number of rotatable bonds is 3. The molecule has 0 bridgehead atoms. The molecule has 19 heavy (non-hydrogen) atoms. The van der Waals surface area contributed by atoms with Gasteiger partial charge in [0, 0.05) is 0 Å². The Bertz CT molecular complexity index is 602. The highest BCUT2D eigenvalue weighted by Crippen LogP contribution is 2.29. The van der Waals surface area contributed by atoms with E-state index in [2.05, 4.69) is 4.74 Å². The molecule has 1 saturated heterocycles. The van der Waals surface area contributed by atoms with E-state index >= 15 is 0 Å². The van der Waals surface area contributed by atoms with Crippen LogP contribution in [0.4, 0.5) is 0 Å². The van der Waals surface area contributed by atoms with Gasteiger partial charge in [0.1, 0.15) is 0 Å². The molecule has 98 valence electrons. The second kappa shape index (κ2) is 4.52. The lowest BCUT2D eigenvalue weighted by atomic mass is 9.93. The maximum absolute atomic E-state index is 11.4. The number of aromatic carboxylic acids is 2. The van der Waals surface area contributed by atoms with Crippen LogP contribution < -0.4 is 0 Å². The van der Waals surface area contributed by atoms with Gasteiger partial charge in [0.15, 0.2) is 0 Å². The minimum Gasteiger partial charge on any atom is -0.478 e. The van der Waals surface area contributed by atoms with Gasteiger partial charge in [0.05, 0.1) is 23.5 Å². The minimum absolute atomic E-state index is 0.176. The molecule has 1 unspecified atom stereocenters. The maximum atomic E-state index is 11.4. The molecular weight excluding hydrogens is 256 g/mol. The quantitative estimate of drug-likeness (QED) is 0.607. The van der Waals surface area contributed by atoms with Crippen LogP contribution in [0.1, 0.15) is 38.6 Å². The Morgan fingerprint density at radius 2 is 1.74 bits per heavy atom. The third-order valence-electron chi connectivity index (χ3n) is 2.78. The number of carbonyl (C=O) groups is 4. The van der Waals surface area contributed by atoms with Crippen LogP contribution in [0.5, 0.6) is 0 Å². The molecule has 0 spiro atoms. The maximum Gasteiger partial charge on any atom is 0.336 e. The molecule has 0 aliphatic carbocycles. The average molecular weight is 264 g/mol. The summed E-state index contributed by atoms with van der Waals surface area (Å²) in [6, 6.07) is 3.48. The van der Waals surface area contributed by atoms with Gasteiger partial charge in [0.2, 0.25) is 0 Å². The van der Waals surface area contributed by atoms with E-state index in [0.717, 1.165) is 12.1 Å². The fourth-order valence-electron chi connectivity index (χ4n) is 1.87. The van der Waals surface area contributed by atoms with Crippen LogP contribution in [-0.2, 0) is 14.3 Å². The molecule has 2 N–H and O–H groups in total. The molecule has 1 aliphatic rings. The largest absolute Gasteiger partial charge is 0.478 e. The summed E-state index contributed by atoms with van der Waals surface area (Å²) in [7, 11) is 0. The van der Waals surface area contributed by atoms with Crippen LogP contribution in [0, 0.1) is 0 Å². The Morgan fingerprint density at radius 3 is 2.21 bits per heavy atom. The highest BCUT2D eigenvalue weighted by atomic mass is 16.6. The Morgan fingerprint density at radius 1 is 1.11 bits per heavy atom. The monoisotopic (exact) mass is 264 g/mol. The van der Waals surface area contributed by atoms with Crippen LogP contribution in [-0.4, -0.2) is 34.1 Å². The number of hydrogen-bond acceptors (Lipinski definition) is 5. The number of carbonyl (C=O) groups excluding carboxylic acids is 2. The number of cyclic esters (lactones) is 2. The third-order valence-corrected chi connectivity index (χ3v) is 2.78. The molecule has 1 fully saturated rings. The van der Waals surface area contributed by atoms with Gasteiger partial charge in [-0.2, -0.15) is 0 Å². The Hall–Kier alpha value is -2.70. The highest BCUT2D eigenvalue weighted by molar-refractivity contribution is 6.03. The number of benzene rings is 1. The van der Waals surface area contributed by atoms with Gasteiger partial charge in [-0.1, -0.05) is 6.07 Å². The van der Waals surface area contributed by atoms with Gasteiger partial charge in [-0.05, 0) is 17.7 Å². The zero-order chi connectivity index (χ0) is 14.2. The number of ether oxygens (including phenoxy) is 1. The molecule has 7 nitrogen and oxygen atoms in total. The number of esters is 2. The van der Waals surface area contributed by atoms with Crippen molar-refractivity contribution >= 4 is 23.9 Å². The van der Waals surface area contributed by atoms with Crippen LogP contribution in [0.15, 0.2) is 18.2 Å². The lowest BCUT2D eigenvalue weighted by Crippen LogP contribution is -2.11. The predicted molar refractivity (Wildman–Crippen MR) is 58.8 cm³/mol. The van der Waals surface area contributed by atoms with Crippen molar-refractivity contribution in [2.75, 3.05) is 0 Å². The summed E-state index contributed by atoms with van der Waals surface area (Å²) in [6.07, 6.45) is -0.176. The first-order chi connectivity index (χ1) is 8.90. The third kappa shape index (κ3) is 2.30. The summed E-state index contributed by atoms with van der Waals surface area (Å²) in [6.45, 7) is 0. The van der Waals surface area contributed by atoms with Gasteiger partial charge in [-0.3, -0.25) is 9.59 Å². The van der Waals surface area contributed by atoms with E-state index in [0.29, 0.717) is 0 Å². The summed E-state index contributed by atoms with van der Waals surface area (Å²) in [5, 5.41) is 17.8. The Kier molecular flexibility index (Phi) is 3.04. The number of carboxylic acid groups (broad SMARTS) is 2. The van der Waals surface area contributed by atoms with E-state index < -0.39 is 35.4 Å². The van der Waals surface area contributed by atoms with Gasteiger partial charge in [-0.15, -0.1) is 0 Å². The average Bonchev–Trinajstić information content (AvgIpc) is 2.67. The van der Waals surface area contributed by atoms with Crippen molar-refractivity contribution in [3.05, 3.63) is 34.9 Å². The minimum atomic E-state index is -1.42. The highest BCUT2D eigenvalue weighted by Gasteiger charge is 2.35. The molecule has 1 atom stereocenters. The van der Waals surface area contributed by atoms with E-state index in [1.165, 1.54) is 6.07 Å². The van der Waals surface area contributed by atoms with Crippen molar-refractivity contribution in [1.82, 2.24) is 0 Å². The molecule has 1 aromatic carbocycles. The summed E-state index contributed by atoms with van der Waals surface area (Å²) >= 11 is 0. The van der Waals surface area contributed by atoms with Crippen molar-refractivity contribution in [3.63, 3.8) is 0 Å². The predicted octanol–water partition coefficient (Wildman–Crippen LogP) is 0.640. The second-order valence-electron chi connectivity index (χ2n) is 3.97. The smallest absolute Gasteiger partial charge is 0.336 e. The van der Waals surface area contributed by atoms with E-state index in [4.69, 9.17) is 10.2 Å².